The van der Waals surface area contributed by atoms with Crippen molar-refractivity contribution < 1.29 is 20.1 Å². The number of aromatic nitrogens is 4. The minimum Gasteiger partial charge on any atom is -0.394 e. The fraction of sp³-hybridized carbons (Fsp3) is 0.389. The van der Waals surface area contributed by atoms with Gasteiger partial charge in [-0.05, 0) is 12.0 Å². The van der Waals surface area contributed by atoms with Gasteiger partial charge in [-0.2, -0.15) is 4.98 Å². The van der Waals surface area contributed by atoms with E-state index in [1.54, 1.807) is 0 Å². The number of nitrogen functional groups attached to an aromatic ring is 1. The smallest absolute Gasteiger partial charge is 0.280 e. The summed E-state index contributed by atoms with van der Waals surface area (Å²) in [6.07, 6.45) is -3.89. The van der Waals surface area contributed by atoms with Crippen molar-refractivity contribution >= 4 is 28.9 Å². The van der Waals surface area contributed by atoms with Crippen LogP contribution in [0.15, 0.2) is 40.3 Å². The number of anilines is 1. The maximum absolute atomic E-state index is 12.3. The van der Waals surface area contributed by atoms with Crippen LogP contribution >= 0.6 is 11.8 Å². The van der Waals surface area contributed by atoms with Gasteiger partial charge in [-0.3, -0.25) is 14.3 Å². The Morgan fingerprint density at radius 2 is 1.97 bits per heavy atom. The zero-order chi connectivity index (χ0) is 20.5. The number of aryl methyl sites for hydroxylation is 1. The van der Waals surface area contributed by atoms with E-state index in [0.717, 1.165) is 12.0 Å². The van der Waals surface area contributed by atoms with Gasteiger partial charge in [-0.25, -0.2) is 4.98 Å². The molecule has 0 amide bonds. The minimum absolute atomic E-state index is 0.0548. The summed E-state index contributed by atoms with van der Waals surface area (Å²) >= 11 is 1.36. The molecule has 1 aromatic carbocycles. The highest BCUT2D eigenvalue weighted by Gasteiger charge is 2.45. The fourth-order valence-corrected chi connectivity index (χ4v) is 4.32. The molecule has 0 unspecified atom stereocenters. The van der Waals surface area contributed by atoms with E-state index in [0.29, 0.717) is 10.9 Å². The Hall–Kier alpha value is -2.44. The zero-order valence-corrected chi connectivity index (χ0v) is 16.1. The lowest BCUT2D eigenvalue weighted by atomic mass is 10.1. The number of fused-ring (bicyclic) bond motifs is 1. The molecule has 29 heavy (non-hydrogen) atoms. The quantitative estimate of drug-likeness (QED) is 0.336. The number of hydrogen-bond donors (Lipinski definition) is 5. The molecular formula is C18H21N5O5S. The molecule has 2 aromatic heterocycles. The Bertz CT molecular complexity index is 1060. The third-order valence-corrected chi connectivity index (χ3v) is 5.73. The Kier molecular flexibility index (Phi) is 5.56. The predicted octanol–water partition coefficient (Wildman–Crippen LogP) is -0.352. The van der Waals surface area contributed by atoms with E-state index in [1.165, 1.54) is 16.3 Å². The van der Waals surface area contributed by atoms with Crippen LogP contribution in [-0.4, -0.2) is 65.5 Å². The molecule has 1 fully saturated rings. The number of aromatic amines is 1. The second kappa shape index (κ2) is 8.13. The normalized spacial score (nSPS) is 24.4. The third-order valence-electron chi connectivity index (χ3n) is 4.77. The standard InChI is InChI=1S/C18H21N5O5S/c19-17-21-14-11(15(27)22-17)20-18(29-7-6-9-4-2-1-3-5-9)23(14)16-13(26)12(25)10(8-24)28-16/h1-5,10,12-13,16,24-26H,6-8H2,(H3,19,21,22,27)/t10-,12+,13+,16-/m0/s1. The molecule has 0 spiro atoms. The topological polar surface area (TPSA) is 160 Å². The molecular weight excluding hydrogens is 398 g/mol. The molecule has 0 aliphatic carbocycles. The zero-order valence-electron chi connectivity index (χ0n) is 15.3. The van der Waals surface area contributed by atoms with Crippen LogP contribution in [0.2, 0.25) is 0 Å². The predicted molar refractivity (Wildman–Crippen MR) is 106 cm³/mol. The summed E-state index contributed by atoms with van der Waals surface area (Å²) in [6, 6.07) is 9.90. The summed E-state index contributed by atoms with van der Waals surface area (Å²) in [5, 5.41) is 30.4. The molecule has 1 saturated heterocycles. The highest BCUT2D eigenvalue weighted by molar-refractivity contribution is 7.99. The largest absolute Gasteiger partial charge is 0.394 e. The van der Waals surface area contributed by atoms with Gasteiger partial charge in [0.05, 0.1) is 6.61 Å². The van der Waals surface area contributed by atoms with Crippen LogP contribution in [0.1, 0.15) is 11.8 Å². The molecule has 4 rings (SSSR count). The number of hydrogen-bond acceptors (Lipinski definition) is 9. The van der Waals surface area contributed by atoms with E-state index in [9.17, 15) is 20.1 Å². The summed E-state index contributed by atoms with van der Waals surface area (Å²) in [4.78, 5) is 23.2. The first-order chi connectivity index (χ1) is 14.0. The molecule has 0 saturated carbocycles. The average molecular weight is 419 g/mol. The minimum atomic E-state index is -1.33. The van der Waals surface area contributed by atoms with Crippen LogP contribution in [0.5, 0.6) is 0 Å². The van der Waals surface area contributed by atoms with Gasteiger partial charge in [0.15, 0.2) is 22.5 Å². The van der Waals surface area contributed by atoms with Crippen molar-refractivity contribution in [3.8, 4) is 0 Å². The van der Waals surface area contributed by atoms with E-state index in [2.05, 4.69) is 15.0 Å². The van der Waals surface area contributed by atoms with E-state index in [1.807, 2.05) is 30.3 Å². The third kappa shape index (κ3) is 3.74. The van der Waals surface area contributed by atoms with Crippen molar-refractivity contribution in [1.29, 1.82) is 0 Å². The average Bonchev–Trinajstić information content (AvgIpc) is 3.20. The monoisotopic (exact) mass is 419 g/mol. The van der Waals surface area contributed by atoms with Crippen molar-refractivity contribution in [3.05, 3.63) is 46.2 Å². The first-order valence-electron chi connectivity index (χ1n) is 9.06. The van der Waals surface area contributed by atoms with Crippen molar-refractivity contribution in [1.82, 2.24) is 19.5 Å². The van der Waals surface area contributed by atoms with Crippen molar-refractivity contribution in [2.75, 3.05) is 18.1 Å². The second-order valence-electron chi connectivity index (χ2n) is 6.70. The van der Waals surface area contributed by atoms with Crippen LogP contribution in [0.25, 0.3) is 11.2 Å². The Morgan fingerprint density at radius 1 is 1.21 bits per heavy atom. The molecule has 4 atom stereocenters. The number of benzene rings is 1. The summed E-state index contributed by atoms with van der Waals surface area (Å²) in [5.41, 5.74) is 6.52. The number of aliphatic hydroxyl groups excluding tert-OH is 3. The molecule has 154 valence electrons. The van der Waals surface area contributed by atoms with Gasteiger partial charge in [0.25, 0.3) is 5.56 Å². The SMILES string of the molecule is Nc1nc2c(nc(SCCc3ccccc3)n2[C@H]2O[C@@H](CO)[C@@H](O)[C@H]2O)c(=O)[nH]1. The van der Waals surface area contributed by atoms with Gasteiger partial charge >= 0.3 is 0 Å². The van der Waals surface area contributed by atoms with E-state index >= 15 is 0 Å². The number of nitrogens with two attached hydrogens (primary N) is 1. The lowest BCUT2D eigenvalue weighted by Gasteiger charge is -2.19. The molecule has 11 heteroatoms. The van der Waals surface area contributed by atoms with Gasteiger partial charge in [0.2, 0.25) is 5.95 Å². The number of thioether (sulfide) groups is 1. The molecule has 0 radical (unpaired) electrons. The van der Waals surface area contributed by atoms with E-state index in [-0.39, 0.29) is 17.1 Å². The number of imidazole rings is 1. The van der Waals surface area contributed by atoms with Crippen LogP contribution < -0.4 is 11.3 Å². The Labute approximate surface area is 169 Å². The van der Waals surface area contributed by atoms with Gasteiger partial charge < -0.3 is 25.8 Å². The Balaban J connectivity index is 1.70. The molecule has 1 aliphatic rings. The van der Waals surface area contributed by atoms with E-state index < -0.39 is 36.7 Å². The number of nitrogens with zero attached hydrogens (tertiary/aromatic N) is 3. The summed E-state index contributed by atoms with van der Waals surface area (Å²) in [5.74, 6) is 0.548. The highest BCUT2D eigenvalue weighted by Crippen LogP contribution is 2.35. The lowest BCUT2D eigenvalue weighted by molar-refractivity contribution is -0.0548. The Morgan fingerprint density at radius 3 is 2.66 bits per heavy atom. The summed E-state index contributed by atoms with van der Waals surface area (Å²) in [6.45, 7) is -0.464. The van der Waals surface area contributed by atoms with Gasteiger partial charge in [-0.15, -0.1) is 0 Å². The number of ether oxygens (including phenoxy) is 1. The van der Waals surface area contributed by atoms with Gasteiger partial charge in [0.1, 0.15) is 18.3 Å². The molecule has 1 aliphatic heterocycles. The first-order valence-corrected chi connectivity index (χ1v) is 10.0. The van der Waals surface area contributed by atoms with Gasteiger partial charge in [0, 0.05) is 5.75 Å². The molecule has 3 heterocycles. The van der Waals surface area contributed by atoms with Crippen LogP contribution in [0.4, 0.5) is 5.95 Å². The molecule has 6 N–H and O–H groups in total. The molecule has 10 nitrogen and oxygen atoms in total. The maximum Gasteiger partial charge on any atom is 0.280 e. The number of rotatable bonds is 6. The molecule has 3 aromatic rings. The lowest BCUT2D eigenvalue weighted by Crippen LogP contribution is -2.33. The van der Waals surface area contributed by atoms with Gasteiger partial charge in [-0.1, -0.05) is 42.1 Å². The van der Waals surface area contributed by atoms with Crippen LogP contribution in [0, 0.1) is 0 Å². The van der Waals surface area contributed by atoms with Crippen LogP contribution in [-0.2, 0) is 11.2 Å². The highest BCUT2D eigenvalue weighted by atomic mass is 32.2. The number of aliphatic hydroxyl groups is 3. The number of H-pyrrole nitrogens is 1. The fourth-order valence-electron chi connectivity index (χ4n) is 3.31. The van der Waals surface area contributed by atoms with Crippen LogP contribution in [0.3, 0.4) is 0 Å². The number of nitrogens with one attached hydrogen (secondary N) is 1. The first kappa shape index (κ1) is 19.9. The molecule has 0 bridgehead atoms. The summed E-state index contributed by atoms with van der Waals surface area (Å²) in [7, 11) is 0. The summed E-state index contributed by atoms with van der Waals surface area (Å²) < 4.78 is 7.10. The van der Waals surface area contributed by atoms with Crippen molar-refractivity contribution in [2.24, 2.45) is 0 Å². The van der Waals surface area contributed by atoms with Crippen molar-refractivity contribution in [2.45, 2.75) is 36.1 Å². The van der Waals surface area contributed by atoms with E-state index in [4.69, 9.17) is 10.5 Å². The van der Waals surface area contributed by atoms with Crippen molar-refractivity contribution in [3.63, 3.8) is 0 Å². The second-order valence-corrected chi connectivity index (χ2v) is 7.76. The maximum atomic E-state index is 12.3.